The molecule has 2 atom stereocenters. The highest BCUT2D eigenvalue weighted by molar-refractivity contribution is 7.98. The van der Waals surface area contributed by atoms with Gasteiger partial charge in [-0.3, -0.25) is 9.48 Å². The quantitative estimate of drug-likeness (QED) is 0.900. The predicted octanol–water partition coefficient (Wildman–Crippen LogP) is 1.78. The third kappa shape index (κ3) is 3.26. The lowest BCUT2D eigenvalue weighted by Crippen LogP contribution is -2.43. The van der Waals surface area contributed by atoms with Crippen molar-refractivity contribution in [3.8, 4) is 0 Å². The summed E-state index contributed by atoms with van der Waals surface area (Å²) >= 11 is 1.73. The molecule has 1 aliphatic rings. The van der Waals surface area contributed by atoms with Crippen molar-refractivity contribution in [3.63, 3.8) is 0 Å². The number of aromatic nitrogens is 2. The van der Waals surface area contributed by atoms with Gasteiger partial charge in [0.2, 0.25) is 5.91 Å². The molecule has 0 aromatic carbocycles. The molecule has 1 saturated heterocycles. The Morgan fingerprint density at radius 2 is 2.24 bits per heavy atom. The summed E-state index contributed by atoms with van der Waals surface area (Å²) in [6, 6.07) is -0.234. The molecule has 118 valence electrons. The van der Waals surface area contributed by atoms with Gasteiger partial charge in [-0.2, -0.15) is 16.9 Å². The van der Waals surface area contributed by atoms with Crippen LogP contribution in [-0.2, 0) is 11.8 Å². The number of rotatable bonds is 5. The summed E-state index contributed by atoms with van der Waals surface area (Å²) in [7, 11) is 1.96. The molecule has 0 aliphatic carbocycles. The van der Waals surface area contributed by atoms with Gasteiger partial charge in [-0.15, -0.1) is 0 Å². The van der Waals surface area contributed by atoms with Crippen LogP contribution >= 0.6 is 11.8 Å². The Labute approximate surface area is 131 Å². The fraction of sp³-hybridized carbons (Fsp3) is 0.733. The molecular weight excluding hydrogens is 284 g/mol. The molecule has 0 spiro atoms. The zero-order chi connectivity index (χ0) is 15.6. The van der Waals surface area contributed by atoms with Gasteiger partial charge in [-0.1, -0.05) is 0 Å². The molecule has 0 saturated carbocycles. The minimum Gasteiger partial charge on any atom is -0.334 e. The molecule has 0 bridgehead atoms. The number of aryl methyl sites for hydroxylation is 2. The van der Waals surface area contributed by atoms with Crippen LogP contribution in [0.5, 0.6) is 0 Å². The highest BCUT2D eigenvalue weighted by Gasteiger charge is 2.35. The Morgan fingerprint density at radius 1 is 1.52 bits per heavy atom. The number of nitrogens with two attached hydrogens (primary N) is 1. The van der Waals surface area contributed by atoms with E-state index >= 15 is 0 Å². The van der Waals surface area contributed by atoms with Crippen molar-refractivity contribution < 1.29 is 4.79 Å². The van der Waals surface area contributed by atoms with Gasteiger partial charge in [0.25, 0.3) is 0 Å². The number of hydrogen-bond donors (Lipinski definition) is 1. The van der Waals surface area contributed by atoms with E-state index in [0.29, 0.717) is 0 Å². The molecule has 1 fully saturated rings. The second-order valence-electron chi connectivity index (χ2n) is 5.79. The molecule has 1 aromatic heterocycles. The first kappa shape index (κ1) is 16.4. The molecule has 21 heavy (non-hydrogen) atoms. The molecule has 1 aromatic rings. The van der Waals surface area contributed by atoms with Crippen molar-refractivity contribution >= 4 is 17.7 Å². The Bertz CT molecular complexity index is 514. The summed E-state index contributed by atoms with van der Waals surface area (Å²) in [6.07, 6.45) is 4.83. The second kappa shape index (κ2) is 6.83. The van der Waals surface area contributed by atoms with E-state index in [9.17, 15) is 4.79 Å². The Kier molecular flexibility index (Phi) is 5.32. The molecule has 5 nitrogen and oxygen atoms in total. The summed E-state index contributed by atoms with van der Waals surface area (Å²) in [5.41, 5.74) is 9.46. The largest absolute Gasteiger partial charge is 0.334 e. The van der Waals surface area contributed by atoms with Crippen LogP contribution in [-0.4, -0.2) is 45.2 Å². The van der Waals surface area contributed by atoms with Crippen molar-refractivity contribution in [3.05, 3.63) is 17.0 Å². The highest BCUT2D eigenvalue weighted by Crippen LogP contribution is 2.35. The first-order valence-electron chi connectivity index (χ1n) is 7.52. The molecule has 2 heterocycles. The fourth-order valence-corrected chi connectivity index (χ4v) is 3.67. The average molecular weight is 310 g/mol. The van der Waals surface area contributed by atoms with E-state index in [1.54, 1.807) is 11.8 Å². The zero-order valence-corrected chi connectivity index (χ0v) is 14.2. The summed E-state index contributed by atoms with van der Waals surface area (Å²) in [6.45, 7) is 4.91. The van der Waals surface area contributed by atoms with Gasteiger partial charge in [0.05, 0.1) is 17.8 Å². The molecule has 2 rings (SSSR count). The minimum absolute atomic E-state index is 0.0919. The second-order valence-corrected chi connectivity index (χ2v) is 6.77. The van der Waals surface area contributed by atoms with E-state index < -0.39 is 0 Å². The Hall–Kier alpha value is -1.01. The number of hydrogen-bond acceptors (Lipinski definition) is 4. The fourth-order valence-electron chi connectivity index (χ4n) is 3.18. The molecule has 0 radical (unpaired) electrons. The van der Waals surface area contributed by atoms with Crippen molar-refractivity contribution in [2.75, 3.05) is 18.6 Å². The van der Waals surface area contributed by atoms with E-state index in [2.05, 4.69) is 12.0 Å². The van der Waals surface area contributed by atoms with Gasteiger partial charge in [-0.05, 0) is 45.1 Å². The van der Waals surface area contributed by atoms with Crippen LogP contribution in [0.25, 0.3) is 0 Å². The predicted molar refractivity (Wildman–Crippen MR) is 87.3 cm³/mol. The maximum absolute atomic E-state index is 12.6. The molecule has 1 amide bonds. The maximum Gasteiger partial charge on any atom is 0.240 e. The van der Waals surface area contributed by atoms with Crippen LogP contribution in [0.4, 0.5) is 0 Å². The molecule has 6 heteroatoms. The normalized spacial score (nSPS) is 20.0. The van der Waals surface area contributed by atoms with Crippen LogP contribution in [0.3, 0.4) is 0 Å². The third-order valence-corrected chi connectivity index (χ3v) is 5.03. The van der Waals surface area contributed by atoms with Gasteiger partial charge in [0.15, 0.2) is 0 Å². The Balaban J connectivity index is 2.18. The van der Waals surface area contributed by atoms with Crippen LogP contribution in [0, 0.1) is 13.8 Å². The molecule has 1 aliphatic heterocycles. The lowest BCUT2D eigenvalue weighted by molar-refractivity contribution is -0.133. The molecule has 1 unspecified atom stereocenters. The van der Waals surface area contributed by atoms with Crippen LogP contribution < -0.4 is 5.73 Å². The van der Waals surface area contributed by atoms with Crippen LogP contribution in [0.1, 0.15) is 42.3 Å². The smallest absolute Gasteiger partial charge is 0.240 e. The van der Waals surface area contributed by atoms with Gasteiger partial charge >= 0.3 is 0 Å². The van der Waals surface area contributed by atoms with Gasteiger partial charge < -0.3 is 10.6 Å². The number of nitrogens with zero attached hydrogens (tertiary/aromatic N) is 3. The van der Waals surface area contributed by atoms with Gasteiger partial charge in [-0.25, -0.2) is 0 Å². The lowest BCUT2D eigenvalue weighted by Gasteiger charge is -2.28. The molecular formula is C15H26N4OS. The SMILES string of the molecule is CSCC[C@H](N)C(=O)N1CCCC1c1c(C)nn(C)c1C. The number of thioether (sulfide) groups is 1. The topological polar surface area (TPSA) is 64.2 Å². The van der Waals surface area contributed by atoms with Gasteiger partial charge in [0, 0.05) is 24.8 Å². The third-order valence-electron chi connectivity index (χ3n) is 4.38. The summed E-state index contributed by atoms with van der Waals surface area (Å²) in [4.78, 5) is 14.6. The average Bonchev–Trinajstić information content (AvgIpc) is 3.01. The van der Waals surface area contributed by atoms with Crippen molar-refractivity contribution in [2.45, 2.75) is 45.2 Å². The first-order valence-corrected chi connectivity index (χ1v) is 8.91. The zero-order valence-electron chi connectivity index (χ0n) is 13.4. The van der Waals surface area contributed by atoms with E-state index in [1.165, 1.54) is 5.56 Å². The van der Waals surface area contributed by atoms with E-state index in [1.807, 2.05) is 29.8 Å². The van der Waals surface area contributed by atoms with Gasteiger partial charge in [0.1, 0.15) is 0 Å². The number of amides is 1. The summed E-state index contributed by atoms with van der Waals surface area (Å²) < 4.78 is 1.90. The van der Waals surface area contributed by atoms with Crippen LogP contribution in [0.15, 0.2) is 0 Å². The van der Waals surface area contributed by atoms with E-state index in [0.717, 1.165) is 42.9 Å². The molecule has 2 N–H and O–H groups in total. The minimum atomic E-state index is -0.379. The lowest BCUT2D eigenvalue weighted by atomic mass is 10.0. The summed E-state index contributed by atoms with van der Waals surface area (Å²) in [5.74, 6) is 1.02. The van der Waals surface area contributed by atoms with Crippen LogP contribution in [0.2, 0.25) is 0 Å². The Morgan fingerprint density at radius 3 is 2.81 bits per heavy atom. The van der Waals surface area contributed by atoms with Crippen molar-refractivity contribution in [1.29, 1.82) is 0 Å². The number of likely N-dealkylation sites (tertiary alicyclic amines) is 1. The first-order chi connectivity index (χ1) is 9.97. The number of carbonyl (C=O) groups excluding carboxylic acids is 1. The van der Waals surface area contributed by atoms with Crippen molar-refractivity contribution in [1.82, 2.24) is 14.7 Å². The monoisotopic (exact) mass is 310 g/mol. The summed E-state index contributed by atoms with van der Waals surface area (Å²) in [5, 5.41) is 4.49. The van der Waals surface area contributed by atoms with E-state index in [-0.39, 0.29) is 18.0 Å². The highest BCUT2D eigenvalue weighted by atomic mass is 32.2. The standard InChI is InChI=1S/C15H26N4OS/c1-10-14(11(2)18(3)17-10)13-6-5-8-19(13)15(20)12(16)7-9-21-4/h12-13H,5-9,16H2,1-4H3/t12-,13?/m0/s1. The van der Waals surface area contributed by atoms with E-state index in [4.69, 9.17) is 5.73 Å². The van der Waals surface area contributed by atoms with Crippen molar-refractivity contribution in [2.24, 2.45) is 12.8 Å². The maximum atomic E-state index is 12.6. The number of carbonyl (C=O) groups is 1.